The van der Waals surface area contributed by atoms with Crippen LogP contribution in [-0.4, -0.2) is 7.11 Å². The Hall–Kier alpha value is -1.70. The fourth-order valence-corrected chi connectivity index (χ4v) is 4.12. The normalized spacial score (nSPS) is 16.9. The molecule has 21 heavy (non-hydrogen) atoms. The number of anilines is 1. The van der Waals surface area contributed by atoms with E-state index in [0.717, 1.165) is 29.3 Å². The van der Waals surface area contributed by atoms with Crippen LogP contribution in [0.15, 0.2) is 24.3 Å². The summed E-state index contributed by atoms with van der Waals surface area (Å²) in [5.41, 5.74) is 2.81. The summed E-state index contributed by atoms with van der Waals surface area (Å²) in [5, 5.41) is 12.5. The van der Waals surface area contributed by atoms with Crippen LogP contribution in [0.3, 0.4) is 0 Å². The van der Waals surface area contributed by atoms with Crippen molar-refractivity contribution >= 4 is 28.6 Å². The van der Waals surface area contributed by atoms with E-state index < -0.39 is 0 Å². The van der Waals surface area contributed by atoms with Crippen LogP contribution in [0.25, 0.3) is 0 Å². The molecule has 3 rings (SSSR count). The van der Waals surface area contributed by atoms with E-state index in [0.29, 0.717) is 11.3 Å². The second kappa shape index (κ2) is 5.97. The van der Waals surface area contributed by atoms with E-state index in [1.54, 1.807) is 30.6 Å². The van der Waals surface area contributed by atoms with Crippen LogP contribution in [-0.2, 0) is 6.42 Å². The van der Waals surface area contributed by atoms with E-state index in [1.807, 2.05) is 6.07 Å². The molecule has 1 N–H and O–H groups in total. The first-order chi connectivity index (χ1) is 10.2. The highest BCUT2D eigenvalue weighted by molar-refractivity contribution is 7.16. The molecule has 1 aromatic heterocycles. The summed E-state index contributed by atoms with van der Waals surface area (Å²) in [6, 6.07) is 9.90. The quantitative estimate of drug-likeness (QED) is 0.886. The van der Waals surface area contributed by atoms with Gasteiger partial charge in [0, 0.05) is 10.9 Å². The highest BCUT2D eigenvalue weighted by Gasteiger charge is 2.23. The molecule has 2 aromatic rings. The van der Waals surface area contributed by atoms with Gasteiger partial charge in [-0.1, -0.05) is 11.6 Å². The van der Waals surface area contributed by atoms with E-state index in [1.165, 1.54) is 10.4 Å². The van der Waals surface area contributed by atoms with Gasteiger partial charge >= 0.3 is 0 Å². The Morgan fingerprint density at radius 1 is 1.43 bits per heavy atom. The Morgan fingerprint density at radius 3 is 3.05 bits per heavy atom. The molecule has 0 amide bonds. The molecule has 1 aliphatic rings. The van der Waals surface area contributed by atoms with Gasteiger partial charge in [0.05, 0.1) is 34.8 Å². The molecule has 5 heteroatoms. The number of fused-ring (bicyclic) bond motifs is 1. The smallest absolute Gasteiger partial charge is 0.143 e. The average Bonchev–Trinajstić information content (AvgIpc) is 2.89. The first-order valence-electron chi connectivity index (χ1n) is 6.84. The standard InChI is InChI=1S/C16H15ClN2OS/c1-20-14-7-10(9-18)5-6-13(14)19-12-3-2-4-15-11(12)8-16(17)21-15/h5-8,12,19H,2-4H2,1H3. The Balaban J connectivity index is 1.89. The summed E-state index contributed by atoms with van der Waals surface area (Å²) in [5.74, 6) is 0.697. The van der Waals surface area contributed by atoms with Crippen LogP contribution in [0.5, 0.6) is 5.75 Å². The highest BCUT2D eigenvalue weighted by Crippen LogP contribution is 2.40. The molecular formula is C16H15ClN2OS. The number of hydrogen-bond acceptors (Lipinski definition) is 4. The predicted molar refractivity (Wildman–Crippen MR) is 86.3 cm³/mol. The first-order valence-corrected chi connectivity index (χ1v) is 8.03. The summed E-state index contributed by atoms with van der Waals surface area (Å²) < 4.78 is 6.23. The Labute approximate surface area is 133 Å². The van der Waals surface area contributed by atoms with Gasteiger partial charge in [0.1, 0.15) is 5.75 Å². The van der Waals surface area contributed by atoms with Crippen molar-refractivity contribution < 1.29 is 4.74 Å². The number of rotatable bonds is 3. The number of methoxy groups -OCH3 is 1. The van der Waals surface area contributed by atoms with E-state index in [4.69, 9.17) is 21.6 Å². The zero-order chi connectivity index (χ0) is 14.8. The van der Waals surface area contributed by atoms with Crippen molar-refractivity contribution in [3.63, 3.8) is 0 Å². The number of hydrogen-bond donors (Lipinski definition) is 1. The van der Waals surface area contributed by atoms with Gasteiger partial charge in [-0.3, -0.25) is 0 Å². The van der Waals surface area contributed by atoms with Gasteiger partial charge in [-0.25, -0.2) is 0 Å². The van der Waals surface area contributed by atoms with Crippen LogP contribution >= 0.6 is 22.9 Å². The second-order valence-corrected chi connectivity index (χ2v) is 6.81. The molecule has 1 unspecified atom stereocenters. The molecule has 1 aromatic carbocycles. The van der Waals surface area contributed by atoms with Gasteiger partial charge in [-0.05, 0) is 43.0 Å². The summed E-state index contributed by atoms with van der Waals surface area (Å²) in [7, 11) is 1.62. The number of aryl methyl sites for hydroxylation is 1. The number of ether oxygens (including phenoxy) is 1. The molecule has 3 nitrogen and oxygen atoms in total. The molecule has 0 aliphatic heterocycles. The number of nitrogens with zero attached hydrogens (tertiary/aromatic N) is 1. The molecule has 1 aliphatic carbocycles. The van der Waals surface area contributed by atoms with Crippen LogP contribution in [0, 0.1) is 11.3 Å². The van der Waals surface area contributed by atoms with Crippen LogP contribution in [0.2, 0.25) is 4.34 Å². The van der Waals surface area contributed by atoms with Crippen molar-refractivity contribution in [2.45, 2.75) is 25.3 Å². The average molecular weight is 319 g/mol. The molecule has 0 radical (unpaired) electrons. The van der Waals surface area contributed by atoms with Crippen LogP contribution in [0.1, 0.15) is 34.9 Å². The topological polar surface area (TPSA) is 45.0 Å². The number of halogens is 1. The van der Waals surface area contributed by atoms with Gasteiger partial charge in [-0.2, -0.15) is 5.26 Å². The fourth-order valence-electron chi connectivity index (χ4n) is 2.74. The van der Waals surface area contributed by atoms with E-state index in [2.05, 4.69) is 17.5 Å². The third-order valence-electron chi connectivity index (χ3n) is 3.74. The van der Waals surface area contributed by atoms with Crippen molar-refractivity contribution in [2.75, 3.05) is 12.4 Å². The SMILES string of the molecule is COc1cc(C#N)ccc1NC1CCCc2sc(Cl)cc21. The Bertz CT molecular complexity index is 705. The summed E-state index contributed by atoms with van der Waals surface area (Å²) in [4.78, 5) is 1.37. The minimum atomic E-state index is 0.249. The van der Waals surface area contributed by atoms with Gasteiger partial charge in [0.25, 0.3) is 0 Å². The third-order valence-corrected chi connectivity index (χ3v) is 5.08. The first kappa shape index (κ1) is 14.2. The van der Waals surface area contributed by atoms with Crippen molar-refractivity contribution in [1.29, 1.82) is 5.26 Å². The number of benzene rings is 1. The summed E-state index contributed by atoms with van der Waals surface area (Å²) >= 11 is 7.82. The Kier molecular flexibility index (Phi) is 4.05. The summed E-state index contributed by atoms with van der Waals surface area (Å²) in [6.45, 7) is 0. The maximum Gasteiger partial charge on any atom is 0.143 e. The van der Waals surface area contributed by atoms with Gasteiger partial charge in [-0.15, -0.1) is 11.3 Å². The molecule has 1 atom stereocenters. The van der Waals surface area contributed by atoms with Gasteiger partial charge in [0.2, 0.25) is 0 Å². The molecule has 1 heterocycles. The van der Waals surface area contributed by atoms with Gasteiger partial charge < -0.3 is 10.1 Å². The van der Waals surface area contributed by atoms with Crippen molar-refractivity contribution in [2.24, 2.45) is 0 Å². The maximum atomic E-state index is 8.96. The minimum absolute atomic E-state index is 0.249. The lowest BCUT2D eigenvalue weighted by Gasteiger charge is -2.25. The predicted octanol–water partition coefficient (Wildman–Crippen LogP) is 4.77. The third kappa shape index (κ3) is 2.85. The molecule has 0 spiro atoms. The van der Waals surface area contributed by atoms with Crippen molar-refractivity contribution in [1.82, 2.24) is 0 Å². The monoisotopic (exact) mass is 318 g/mol. The van der Waals surface area contributed by atoms with E-state index in [9.17, 15) is 0 Å². The number of nitrogens with one attached hydrogen (secondary N) is 1. The molecule has 0 bridgehead atoms. The zero-order valence-electron chi connectivity index (χ0n) is 11.6. The van der Waals surface area contributed by atoms with E-state index in [-0.39, 0.29) is 6.04 Å². The molecule has 0 saturated carbocycles. The molecule has 0 fully saturated rings. The molecular weight excluding hydrogens is 304 g/mol. The lowest BCUT2D eigenvalue weighted by Crippen LogP contribution is -2.16. The lowest BCUT2D eigenvalue weighted by atomic mass is 9.94. The zero-order valence-corrected chi connectivity index (χ0v) is 13.2. The van der Waals surface area contributed by atoms with Crippen LogP contribution < -0.4 is 10.1 Å². The largest absolute Gasteiger partial charge is 0.495 e. The van der Waals surface area contributed by atoms with Crippen LogP contribution in [0.4, 0.5) is 5.69 Å². The van der Waals surface area contributed by atoms with Gasteiger partial charge in [0.15, 0.2) is 0 Å². The van der Waals surface area contributed by atoms with Crippen molar-refractivity contribution in [3.8, 4) is 11.8 Å². The fraction of sp³-hybridized carbons (Fsp3) is 0.312. The minimum Gasteiger partial charge on any atom is -0.495 e. The summed E-state index contributed by atoms with van der Waals surface area (Å²) in [6.07, 6.45) is 3.33. The molecule has 0 saturated heterocycles. The second-order valence-electron chi connectivity index (χ2n) is 5.05. The number of nitriles is 1. The Morgan fingerprint density at radius 2 is 2.29 bits per heavy atom. The number of thiophene rings is 1. The van der Waals surface area contributed by atoms with Crippen molar-refractivity contribution in [3.05, 3.63) is 44.6 Å². The van der Waals surface area contributed by atoms with E-state index >= 15 is 0 Å². The maximum absolute atomic E-state index is 8.96. The molecule has 108 valence electrons. The lowest BCUT2D eigenvalue weighted by molar-refractivity contribution is 0.415. The highest BCUT2D eigenvalue weighted by atomic mass is 35.5.